The molecule has 0 bridgehead atoms. The maximum absolute atomic E-state index is 11.0. The lowest BCUT2D eigenvalue weighted by Gasteiger charge is -1.98. The summed E-state index contributed by atoms with van der Waals surface area (Å²) in [5.74, 6) is -0.147. The van der Waals surface area contributed by atoms with E-state index < -0.39 is 11.1 Å². The van der Waals surface area contributed by atoms with Gasteiger partial charge in [0.1, 0.15) is 0 Å². The highest BCUT2D eigenvalue weighted by molar-refractivity contribution is 5.77. The van der Waals surface area contributed by atoms with Gasteiger partial charge in [0.2, 0.25) is 6.33 Å². The van der Waals surface area contributed by atoms with Gasteiger partial charge in [-0.25, -0.2) is 5.10 Å². The van der Waals surface area contributed by atoms with Gasteiger partial charge in [-0.15, -0.1) is 0 Å². The smallest absolute Gasteiger partial charge is 0.298 e. The molecular weight excluding hydrogens is 174 g/mol. The zero-order valence-corrected chi connectivity index (χ0v) is 7.03. The van der Waals surface area contributed by atoms with Crippen LogP contribution in [0.3, 0.4) is 0 Å². The molecule has 1 aromatic rings. The number of rotatable bonds is 3. The molecule has 1 radical (unpaired) electrons. The number of carbonyl (C=O) groups is 1. The number of aromatic nitrogens is 3. The second-order valence-corrected chi connectivity index (χ2v) is 2.44. The molecule has 1 N–H and O–H groups in total. The third-order valence-corrected chi connectivity index (χ3v) is 1.50. The first-order valence-corrected chi connectivity index (χ1v) is 3.74. The van der Waals surface area contributed by atoms with E-state index in [0.29, 0.717) is 6.42 Å². The van der Waals surface area contributed by atoms with Gasteiger partial charge in [-0.1, -0.05) is 6.92 Å². The monoisotopic (exact) mass is 182 g/mol. The quantitative estimate of drug-likeness (QED) is 0.589. The summed E-state index contributed by atoms with van der Waals surface area (Å²) in [6.45, 7) is 1.53. The number of hydrogen-bond acceptors (Lipinski definition) is 4. The van der Waals surface area contributed by atoms with Crippen molar-refractivity contribution in [1.29, 1.82) is 0 Å². The Morgan fingerprint density at radius 1 is 1.62 bits per heavy atom. The molecule has 0 saturated heterocycles. The predicted octanol–water partition coefficient (Wildman–Crippen LogP) is -1.29. The van der Waals surface area contributed by atoms with E-state index in [4.69, 9.17) is 0 Å². The Hall–Kier alpha value is -1.72. The van der Waals surface area contributed by atoms with Crippen LogP contribution in [0.2, 0.25) is 0 Å². The third kappa shape index (κ3) is 2.11. The minimum Gasteiger partial charge on any atom is -0.298 e. The van der Waals surface area contributed by atoms with Crippen molar-refractivity contribution >= 4 is 5.78 Å². The average molecular weight is 182 g/mol. The minimum absolute atomic E-state index is 0.147. The summed E-state index contributed by atoms with van der Waals surface area (Å²) in [5, 5.41) is 5.21. The van der Waals surface area contributed by atoms with Crippen LogP contribution in [0, 0.1) is 6.33 Å². The van der Waals surface area contributed by atoms with Crippen LogP contribution in [0.1, 0.15) is 13.3 Å². The Bertz CT molecular complexity index is 417. The lowest BCUT2D eigenvalue weighted by Crippen LogP contribution is -2.38. The van der Waals surface area contributed by atoms with Gasteiger partial charge in [-0.05, 0) is 0 Å². The largest absolute Gasteiger partial charge is 0.330 e. The molecule has 0 aromatic carbocycles. The van der Waals surface area contributed by atoms with Gasteiger partial charge in [-0.3, -0.25) is 19.0 Å². The molecule has 69 valence electrons. The highest BCUT2D eigenvalue weighted by Gasteiger charge is 2.04. The van der Waals surface area contributed by atoms with Crippen molar-refractivity contribution in [3.63, 3.8) is 0 Å². The summed E-state index contributed by atoms with van der Waals surface area (Å²) in [6.07, 6.45) is 2.53. The SMILES string of the molecule is CCC(=O)Cn1[c]n[nH]c(=O)c1=O. The number of hydrogen-bond donors (Lipinski definition) is 1. The standard InChI is InChI=1S/C7H8N3O3/c1-2-5(11)3-10-4-8-9-6(12)7(10)13/h2-3H2,1H3,(H,9,12). The van der Waals surface area contributed by atoms with Crippen molar-refractivity contribution in [2.75, 3.05) is 0 Å². The van der Waals surface area contributed by atoms with Crippen LogP contribution in [0.4, 0.5) is 0 Å². The number of Topliss-reactive ketones (excluding diaryl/α,β-unsaturated/α-hetero) is 1. The normalized spacial score (nSPS) is 9.92. The Morgan fingerprint density at radius 2 is 2.31 bits per heavy atom. The van der Waals surface area contributed by atoms with Gasteiger partial charge < -0.3 is 0 Å². The number of ketones is 1. The van der Waals surface area contributed by atoms with Crippen molar-refractivity contribution in [2.24, 2.45) is 0 Å². The molecule has 0 aliphatic heterocycles. The average Bonchev–Trinajstić information content (AvgIpc) is 2.13. The van der Waals surface area contributed by atoms with E-state index >= 15 is 0 Å². The van der Waals surface area contributed by atoms with E-state index in [9.17, 15) is 14.4 Å². The van der Waals surface area contributed by atoms with Crippen molar-refractivity contribution in [3.05, 3.63) is 27.0 Å². The summed E-state index contributed by atoms with van der Waals surface area (Å²) >= 11 is 0. The molecule has 1 aromatic heterocycles. The van der Waals surface area contributed by atoms with Gasteiger partial charge in [0.25, 0.3) is 0 Å². The molecule has 0 aliphatic carbocycles. The molecule has 1 heterocycles. The first-order valence-electron chi connectivity index (χ1n) is 3.74. The van der Waals surface area contributed by atoms with Gasteiger partial charge in [-0.2, -0.15) is 5.10 Å². The Labute approximate surface area is 73.2 Å². The van der Waals surface area contributed by atoms with Crippen molar-refractivity contribution in [1.82, 2.24) is 14.8 Å². The number of nitrogens with one attached hydrogen (secondary N) is 1. The number of nitrogens with zero attached hydrogens (tertiary/aromatic N) is 2. The van der Waals surface area contributed by atoms with Crippen molar-refractivity contribution < 1.29 is 4.79 Å². The lowest BCUT2D eigenvalue weighted by atomic mass is 10.3. The Morgan fingerprint density at radius 3 is 2.92 bits per heavy atom. The number of aromatic amines is 1. The van der Waals surface area contributed by atoms with E-state index in [0.717, 1.165) is 4.57 Å². The fourth-order valence-corrected chi connectivity index (χ4v) is 0.747. The summed E-state index contributed by atoms with van der Waals surface area (Å²) in [5.41, 5.74) is -1.65. The van der Waals surface area contributed by atoms with E-state index in [1.807, 2.05) is 5.10 Å². The van der Waals surface area contributed by atoms with Gasteiger partial charge >= 0.3 is 11.1 Å². The molecule has 13 heavy (non-hydrogen) atoms. The van der Waals surface area contributed by atoms with Gasteiger partial charge in [0, 0.05) is 6.42 Å². The summed E-state index contributed by atoms with van der Waals surface area (Å²) in [4.78, 5) is 32.7. The Kier molecular flexibility index (Phi) is 2.73. The van der Waals surface area contributed by atoms with Gasteiger partial charge in [0.05, 0.1) is 6.54 Å². The second kappa shape index (κ2) is 3.79. The maximum atomic E-state index is 11.0. The topological polar surface area (TPSA) is 84.8 Å². The summed E-state index contributed by atoms with van der Waals surface area (Å²) in [7, 11) is 0. The van der Waals surface area contributed by atoms with E-state index in [1.165, 1.54) is 0 Å². The lowest BCUT2D eigenvalue weighted by molar-refractivity contribution is -0.119. The number of H-pyrrole nitrogens is 1. The molecule has 0 unspecified atom stereocenters. The van der Waals surface area contributed by atoms with Gasteiger partial charge in [0.15, 0.2) is 5.78 Å². The molecule has 6 nitrogen and oxygen atoms in total. The summed E-state index contributed by atoms with van der Waals surface area (Å²) < 4.78 is 0.866. The predicted molar refractivity (Wildman–Crippen MR) is 43.3 cm³/mol. The van der Waals surface area contributed by atoms with E-state index in [1.54, 1.807) is 6.92 Å². The third-order valence-electron chi connectivity index (χ3n) is 1.50. The van der Waals surface area contributed by atoms with Crippen LogP contribution in [0.5, 0.6) is 0 Å². The molecule has 0 atom stereocenters. The first kappa shape index (κ1) is 9.37. The Balaban J connectivity index is 3.03. The van der Waals surface area contributed by atoms with E-state index in [-0.39, 0.29) is 12.3 Å². The number of carbonyl (C=O) groups excluding carboxylic acids is 1. The molecule has 6 heteroatoms. The molecule has 0 amide bonds. The van der Waals surface area contributed by atoms with Crippen LogP contribution >= 0.6 is 0 Å². The molecule has 0 saturated carbocycles. The van der Waals surface area contributed by atoms with Crippen LogP contribution < -0.4 is 11.1 Å². The molecule has 0 spiro atoms. The van der Waals surface area contributed by atoms with Crippen LogP contribution in [-0.2, 0) is 11.3 Å². The van der Waals surface area contributed by atoms with Crippen LogP contribution in [0.25, 0.3) is 0 Å². The molecular formula is C7H8N3O3. The minimum atomic E-state index is -0.845. The molecule has 1 rings (SSSR count). The fraction of sp³-hybridized carbons (Fsp3) is 0.429. The second-order valence-electron chi connectivity index (χ2n) is 2.44. The molecule has 0 fully saturated rings. The highest BCUT2D eigenvalue weighted by atomic mass is 16.2. The first-order chi connectivity index (χ1) is 6.15. The highest BCUT2D eigenvalue weighted by Crippen LogP contribution is 1.82. The zero-order chi connectivity index (χ0) is 9.84. The van der Waals surface area contributed by atoms with Crippen LogP contribution in [0.15, 0.2) is 9.59 Å². The summed E-state index contributed by atoms with van der Waals surface area (Å²) in [6, 6.07) is 0. The van der Waals surface area contributed by atoms with Crippen molar-refractivity contribution in [2.45, 2.75) is 19.9 Å². The van der Waals surface area contributed by atoms with E-state index in [2.05, 4.69) is 11.4 Å². The van der Waals surface area contributed by atoms with Crippen molar-refractivity contribution in [3.8, 4) is 0 Å². The molecule has 0 aliphatic rings. The van der Waals surface area contributed by atoms with Crippen LogP contribution in [-0.4, -0.2) is 20.5 Å². The zero-order valence-electron chi connectivity index (χ0n) is 7.03. The fourth-order valence-electron chi connectivity index (χ4n) is 0.747. The maximum Gasteiger partial charge on any atom is 0.330 e.